The van der Waals surface area contributed by atoms with Crippen LogP contribution in [0.1, 0.15) is 81.1 Å². The molecule has 6 atom stereocenters. The molecule has 1 spiro atoms. The number of fused-ring (bicyclic) bond motifs is 1. The van der Waals surface area contributed by atoms with Gasteiger partial charge in [0.15, 0.2) is 0 Å². The van der Waals surface area contributed by atoms with Gasteiger partial charge in [-0.15, -0.1) is 13.2 Å². The highest BCUT2D eigenvalue weighted by Gasteiger charge is 2.79. The van der Waals surface area contributed by atoms with Gasteiger partial charge in [0.05, 0.1) is 36.7 Å². The minimum absolute atomic E-state index is 0.0742. The van der Waals surface area contributed by atoms with Gasteiger partial charge in [-0.2, -0.15) is 0 Å². The number of nitrogens with zero attached hydrogens (tertiary/aromatic N) is 3. The molecule has 9 heteroatoms. The maximum atomic E-state index is 15.0. The number of ether oxygens (including phenoxy) is 2. The zero-order valence-electron chi connectivity index (χ0n) is 29.2. The van der Waals surface area contributed by atoms with E-state index in [1.165, 1.54) is 4.90 Å². The summed E-state index contributed by atoms with van der Waals surface area (Å²) in [5.74, 6) is -1.77. The van der Waals surface area contributed by atoms with Crippen molar-refractivity contribution >= 4 is 23.4 Å². The van der Waals surface area contributed by atoms with Gasteiger partial charge >= 0.3 is 0 Å². The predicted molar refractivity (Wildman–Crippen MR) is 180 cm³/mol. The summed E-state index contributed by atoms with van der Waals surface area (Å²) in [6.07, 6.45) is 5.63. The molecule has 254 valence electrons. The van der Waals surface area contributed by atoms with Crippen LogP contribution >= 0.6 is 0 Å². The Kier molecular flexibility index (Phi) is 10.2. The Morgan fingerprint density at radius 1 is 1.09 bits per heavy atom. The summed E-state index contributed by atoms with van der Waals surface area (Å²) >= 11 is 0. The average molecular weight is 638 g/mol. The van der Waals surface area contributed by atoms with Crippen molar-refractivity contribution < 1.29 is 29.0 Å². The number of hydrogen-bond donors (Lipinski definition) is 1. The number of carbonyl (C=O) groups is 3. The predicted octanol–water partition coefficient (Wildman–Crippen LogP) is 5.37. The number of aliphatic hydroxyl groups is 1. The van der Waals surface area contributed by atoms with Crippen molar-refractivity contribution in [2.24, 2.45) is 17.3 Å². The molecule has 2 bridgehead atoms. The average Bonchev–Trinajstić information content (AvgIpc) is 3.60. The van der Waals surface area contributed by atoms with Crippen LogP contribution in [0.25, 0.3) is 0 Å². The lowest BCUT2D eigenvalue weighted by Crippen LogP contribution is -2.62. The summed E-state index contributed by atoms with van der Waals surface area (Å²) in [6, 6.07) is 5.68. The van der Waals surface area contributed by atoms with E-state index < -0.39 is 40.7 Å². The van der Waals surface area contributed by atoms with Crippen LogP contribution in [-0.2, 0) is 19.1 Å². The molecule has 3 saturated heterocycles. The van der Waals surface area contributed by atoms with Gasteiger partial charge in [-0.05, 0) is 83.1 Å². The van der Waals surface area contributed by atoms with Crippen LogP contribution in [0, 0.1) is 17.3 Å². The Labute approximate surface area is 275 Å². The lowest BCUT2D eigenvalue weighted by Gasteiger charge is -2.46. The zero-order valence-corrected chi connectivity index (χ0v) is 29.2. The number of amides is 3. The van der Waals surface area contributed by atoms with Crippen LogP contribution in [0.15, 0.2) is 49.6 Å². The first-order valence-electron chi connectivity index (χ1n) is 16.8. The Morgan fingerprint density at radius 3 is 2.24 bits per heavy atom. The normalized spacial score (nSPS) is 27.7. The largest absolute Gasteiger partial charge is 0.494 e. The first kappa shape index (κ1) is 35.7. The van der Waals surface area contributed by atoms with Gasteiger partial charge in [-0.1, -0.05) is 39.8 Å². The van der Waals surface area contributed by atoms with Crippen molar-refractivity contribution in [3.63, 3.8) is 0 Å². The lowest BCUT2D eigenvalue weighted by atomic mass is 9.64. The second-order valence-corrected chi connectivity index (χ2v) is 15.1. The molecule has 3 fully saturated rings. The molecular weight excluding hydrogens is 582 g/mol. The van der Waals surface area contributed by atoms with E-state index in [0.717, 1.165) is 0 Å². The summed E-state index contributed by atoms with van der Waals surface area (Å²) in [4.78, 5) is 49.5. The number of anilines is 1. The SMILES string of the molecule is C=CCN(C(=O)[C@@H]1[C@H]2C(=O)N([C@H](C)CO)C(C(=O)N(CC=C)C(C)(C)CC(C)(C)C)C23CC[C@@]1(CC)O3)c1ccc(OCC)cc1. The summed E-state index contributed by atoms with van der Waals surface area (Å²) in [5.41, 5.74) is -2.09. The first-order chi connectivity index (χ1) is 21.6. The Morgan fingerprint density at radius 2 is 1.72 bits per heavy atom. The van der Waals surface area contributed by atoms with Crippen LogP contribution in [-0.4, -0.2) is 87.8 Å². The fraction of sp³-hybridized carbons (Fsp3) is 0.649. The second kappa shape index (κ2) is 13.1. The third kappa shape index (κ3) is 6.01. The van der Waals surface area contributed by atoms with Gasteiger partial charge in [0.25, 0.3) is 0 Å². The molecule has 0 aromatic heterocycles. The van der Waals surface area contributed by atoms with Gasteiger partial charge in [0.1, 0.15) is 17.4 Å². The van der Waals surface area contributed by atoms with Gasteiger partial charge in [-0.3, -0.25) is 14.4 Å². The second-order valence-electron chi connectivity index (χ2n) is 15.1. The topological polar surface area (TPSA) is 99.6 Å². The molecule has 9 nitrogen and oxygen atoms in total. The van der Waals surface area contributed by atoms with Crippen LogP contribution in [0.5, 0.6) is 5.75 Å². The smallest absolute Gasteiger partial charge is 0.249 e. The fourth-order valence-corrected chi connectivity index (χ4v) is 8.69. The third-order valence-corrected chi connectivity index (χ3v) is 10.2. The van der Waals surface area contributed by atoms with Crippen molar-refractivity contribution in [1.29, 1.82) is 0 Å². The van der Waals surface area contributed by atoms with E-state index in [1.807, 2.05) is 56.9 Å². The molecule has 1 N–H and O–H groups in total. The van der Waals surface area contributed by atoms with E-state index >= 15 is 0 Å². The molecular formula is C37H55N3O6. The van der Waals surface area contributed by atoms with Crippen molar-refractivity contribution in [2.45, 2.75) is 110 Å². The molecule has 3 aliphatic heterocycles. The van der Waals surface area contributed by atoms with Gasteiger partial charge in [-0.25, -0.2) is 0 Å². The maximum absolute atomic E-state index is 15.0. The monoisotopic (exact) mass is 637 g/mol. The summed E-state index contributed by atoms with van der Waals surface area (Å²) in [7, 11) is 0. The molecule has 0 aliphatic carbocycles. The standard InChI is InChI=1S/C37H55N3O6/c1-11-21-38(26-15-17-27(18-16-26)45-14-4)31(42)28-29-32(43)40(25(5)23-41)30(37(29)20-19-36(28,13-3)46-37)33(44)39(22-12-2)35(9,10)24-34(6,7)8/h11-12,15-18,25,28-30,41H,1-2,13-14,19-24H2,3-10H3/t25-,28+,29+,30?,36-,37?/m1/s1. The minimum Gasteiger partial charge on any atom is -0.494 e. The lowest BCUT2D eigenvalue weighted by molar-refractivity contribution is -0.159. The number of hydrogen-bond acceptors (Lipinski definition) is 6. The number of carbonyl (C=O) groups excluding carboxylic acids is 3. The van der Waals surface area contributed by atoms with Crippen molar-refractivity contribution in [2.75, 3.05) is 31.2 Å². The quantitative estimate of drug-likeness (QED) is 0.276. The molecule has 4 rings (SSSR count). The minimum atomic E-state index is -1.20. The summed E-state index contributed by atoms with van der Waals surface area (Å²) < 4.78 is 12.6. The van der Waals surface area contributed by atoms with E-state index in [4.69, 9.17) is 9.47 Å². The van der Waals surface area contributed by atoms with Crippen molar-refractivity contribution in [3.8, 4) is 5.75 Å². The van der Waals surface area contributed by atoms with Crippen LogP contribution in [0.2, 0.25) is 0 Å². The highest BCUT2D eigenvalue weighted by molar-refractivity contribution is 6.03. The van der Waals surface area contributed by atoms with E-state index in [2.05, 4.69) is 33.9 Å². The van der Waals surface area contributed by atoms with Crippen molar-refractivity contribution in [3.05, 3.63) is 49.6 Å². The fourth-order valence-electron chi connectivity index (χ4n) is 8.69. The van der Waals surface area contributed by atoms with E-state index in [9.17, 15) is 19.5 Å². The van der Waals surface area contributed by atoms with E-state index in [1.54, 1.807) is 24.0 Å². The molecule has 3 heterocycles. The molecule has 3 aliphatic rings. The Hall–Kier alpha value is -3.17. The maximum Gasteiger partial charge on any atom is 0.249 e. The van der Waals surface area contributed by atoms with Gasteiger partial charge in [0, 0.05) is 24.3 Å². The van der Waals surface area contributed by atoms with Gasteiger partial charge in [0.2, 0.25) is 17.7 Å². The Balaban J connectivity index is 1.83. The molecule has 3 amide bonds. The third-order valence-electron chi connectivity index (χ3n) is 10.2. The van der Waals surface area contributed by atoms with Gasteiger partial charge < -0.3 is 29.3 Å². The number of benzene rings is 1. The molecule has 2 unspecified atom stereocenters. The highest BCUT2D eigenvalue weighted by Crippen LogP contribution is 2.65. The number of aliphatic hydroxyl groups excluding tert-OH is 1. The molecule has 46 heavy (non-hydrogen) atoms. The van der Waals surface area contributed by atoms with Crippen LogP contribution in [0.4, 0.5) is 5.69 Å². The highest BCUT2D eigenvalue weighted by atomic mass is 16.5. The molecule has 1 aromatic carbocycles. The van der Waals surface area contributed by atoms with E-state index in [0.29, 0.717) is 50.3 Å². The zero-order chi connectivity index (χ0) is 34.2. The molecule has 0 saturated carbocycles. The first-order valence-corrected chi connectivity index (χ1v) is 16.8. The number of rotatable bonds is 14. The van der Waals surface area contributed by atoms with Crippen LogP contribution < -0.4 is 9.64 Å². The van der Waals surface area contributed by atoms with Crippen LogP contribution in [0.3, 0.4) is 0 Å². The Bertz CT molecular complexity index is 1320. The molecule has 0 radical (unpaired) electrons. The van der Waals surface area contributed by atoms with Crippen molar-refractivity contribution in [1.82, 2.24) is 9.80 Å². The summed E-state index contributed by atoms with van der Waals surface area (Å²) in [5, 5.41) is 10.4. The van der Waals surface area contributed by atoms with E-state index in [-0.39, 0.29) is 36.3 Å². The number of likely N-dealkylation sites (tertiary alicyclic amines) is 1. The summed E-state index contributed by atoms with van der Waals surface area (Å²) in [6.45, 7) is 24.7. The molecule has 1 aromatic rings.